The maximum atomic E-state index is 12.4. The fourth-order valence-corrected chi connectivity index (χ4v) is 1.68. The fraction of sp³-hybridized carbons (Fsp3) is 0.286. The number of ketones is 1. The Hall–Kier alpha value is -2.31. The van der Waals surface area contributed by atoms with E-state index in [2.05, 4.69) is 10.1 Å². The largest absolute Gasteiger partial charge is 0.431 e. The van der Waals surface area contributed by atoms with Crippen LogP contribution in [0.1, 0.15) is 41.6 Å². The SMILES string of the molecule is CC(C)n1cc(C(=O)/C=C/c2ccc(C(F)(F)F)[nH]2)cn1. The zero-order chi connectivity index (χ0) is 15.6. The molecule has 0 aliphatic carbocycles. The molecule has 7 heteroatoms. The Morgan fingerprint density at radius 1 is 1.38 bits per heavy atom. The van der Waals surface area contributed by atoms with Gasteiger partial charge in [0, 0.05) is 17.9 Å². The number of halogens is 3. The van der Waals surface area contributed by atoms with E-state index in [0.717, 1.165) is 6.07 Å². The summed E-state index contributed by atoms with van der Waals surface area (Å²) >= 11 is 0. The van der Waals surface area contributed by atoms with Crippen molar-refractivity contribution >= 4 is 11.9 Å². The first-order valence-corrected chi connectivity index (χ1v) is 6.30. The van der Waals surface area contributed by atoms with Crippen molar-refractivity contribution in [2.75, 3.05) is 0 Å². The topological polar surface area (TPSA) is 50.7 Å². The third kappa shape index (κ3) is 3.62. The van der Waals surface area contributed by atoms with E-state index in [9.17, 15) is 18.0 Å². The van der Waals surface area contributed by atoms with Gasteiger partial charge in [-0.05, 0) is 38.1 Å². The molecule has 0 saturated heterocycles. The Morgan fingerprint density at radius 3 is 2.62 bits per heavy atom. The predicted octanol–water partition coefficient (Wildman–Crippen LogP) is 3.71. The molecular weight excluding hydrogens is 283 g/mol. The van der Waals surface area contributed by atoms with E-state index in [-0.39, 0.29) is 17.5 Å². The third-order valence-electron chi connectivity index (χ3n) is 2.84. The molecule has 0 aliphatic rings. The molecule has 4 nitrogen and oxygen atoms in total. The molecule has 2 aromatic heterocycles. The van der Waals surface area contributed by atoms with E-state index in [1.54, 1.807) is 10.9 Å². The summed E-state index contributed by atoms with van der Waals surface area (Å²) in [5.74, 6) is -0.315. The number of aromatic nitrogens is 3. The normalized spacial score (nSPS) is 12.5. The van der Waals surface area contributed by atoms with E-state index in [1.807, 2.05) is 13.8 Å². The second-order valence-electron chi connectivity index (χ2n) is 4.83. The van der Waals surface area contributed by atoms with E-state index in [4.69, 9.17) is 0 Å². The summed E-state index contributed by atoms with van der Waals surface area (Å²) in [6.07, 6.45) is 1.14. The highest BCUT2D eigenvalue weighted by molar-refractivity contribution is 6.06. The van der Waals surface area contributed by atoms with Gasteiger partial charge in [-0.3, -0.25) is 9.48 Å². The van der Waals surface area contributed by atoms with Crippen LogP contribution in [0.2, 0.25) is 0 Å². The number of carbonyl (C=O) groups is 1. The van der Waals surface area contributed by atoms with Crippen LogP contribution in [0.4, 0.5) is 13.2 Å². The predicted molar refractivity (Wildman–Crippen MR) is 71.8 cm³/mol. The van der Waals surface area contributed by atoms with Gasteiger partial charge in [0.25, 0.3) is 0 Å². The Morgan fingerprint density at radius 2 is 2.10 bits per heavy atom. The highest BCUT2D eigenvalue weighted by Gasteiger charge is 2.31. The lowest BCUT2D eigenvalue weighted by Crippen LogP contribution is -2.04. The fourth-order valence-electron chi connectivity index (χ4n) is 1.68. The monoisotopic (exact) mass is 297 g/mol. The molecule has 0 atom stereocenters. The molecule has 0 spiro atoms. The van der Waals surface area contributed by atoms with Crippen molar-refractivity contribution in [2.45, 2.75) is 26.1 Å². The smallest absolute Gasteiger partial charge is 0.352 e. The summed E-state index contributed by atoms with van der Waals surface area (Å²) < 4.78 is 38.9. The number of hydrogen-bond donors (Lipinski definition) is 1. The van der Waals surface area contributed by atoms with Crippen LogP contribution in [0, 0.1) is 0 Å². The van der Waals surface area contributed by atoms with Crippen LogP contribution in [0.5, 0.6) is 0 Å². The Bertz CT molecular complexity index is 665. The summed E-state index contributed by atoms with van der Waals surface area (Å²) in [4.78, 5) is 14.1. The number of alkyl halides is 3. The van der Waals surface area contributed by atoms with Gasteiger partial charge in [-0.2, -0.15) is 18.3 Å². The summed E-state index contributed by atoms with van der Waals surface area (Å²) in [5.41, 5.74) is -0.239. The van der Waals surface area contributed by atoms with Gasteiger partial charge in [-0.25, -0.2) is 0 Å². The van der Waals surface area contributed by atoms with Gasteiger partial charge in [-0.1, -0.05) is 0 Å². The molecule has 0 saturated carbocycles. The average molecular weight is 297 g/mol. The van der Waals surface area contributed by atoms with Gasteiger partial charge in [0.15, 0.2) is 5.78 Å². The number of rotatable bonds is 4. The molecule has 0 aliphatic heterocycles. The molecule has 0 fully saturated rings. The summed E-state index contributed by atoms with van der Waals surface area (Å²) in [7, 11) is 0. The number of aromatic amines is 1. The molecule has 0 bridgehead atoms. The van der Waals surface area contributed by atoms with Crippen LogP contribution in [0.3, 0.4) is 0 Å². The lowest BCUT2D eigenvalue weighted by atomic mass is 10.2. The first kappa shape index (κ1) is 15.1. The van der Waals surface area contributed by atoms with E-state index in [1.165, 1.54) is 24.4 Å². The van der Waals surface area contributed by atoms with Crippen molar-refractivity contribution in [3.05, 3.63) is 47.6 Å². The number of hydrogen-bond acceptors (Lipinski definition) is 2. The van der Waals surface area contributed by atoms with Crippen LogP contribution in [0.25, 0.3) is 6.08 Å². The van der Waals surface area contributed by atoms with Crippen LogP contribution in [-0.2, 0) is 6.18 Å². The molecule has 2 heterocycles. The standard InChI is InChI=1S/C14H14F3N3O/c1-9(2)20-8-10(7-18-20)12(21)5-3-11-4-6-13(19-11)14(15,16)17/h3-9,19H,1-2H3/b5-3+. The molecule has 0 aromatic carbocycles. The van der Waals surface area contributed by atoms with Crippen LogP contribution in [-0.4, -0.2) is 20.5 Å². The summed E-state index contributed by atoms with van der Waals surface area (Å²) in [5, 5.41) is 4.03. The molecule has 1 N–H and O–H groups in total. The zero-order valence-electron chi connectivity index (χ0n) is 11.5. The average Bonchev–Trinajstić information content (AvgIpc) is 3.04. The number of carbonyl (C=O) groups excluding carboxylic acids is 1. The Kier molecular flexibility index (Phi) is 4.02. The van der Waals surface area contributed by atoms with E-state index >= 15 is 0 Å². The van der Waals surface area contributed by atoms with Crippen molar-refractivity contribution < 1.29 is 18.0 Å². The zero-order valence-corrected chi connectivity index (χ0v) is 11.5. The minimum atomic E-state index is -4.42. The number of nitrogens with zero attached hydrogens (tertiary/aromatic N) is 2. The number of H-pyrrole nitrogens is 1. The Labute approximate surface area is 119 Å². The van der Waals surface area contributed by atoms with Gasteiger partial charge < -0.3 is 4.98 Å². The minimum Gasteiger partial charge on any atom is -0.352 e. The maximum absolute atomic E-state index is 12.4. The lowest BCUT2D eigenvalue weighted by Gasteiger charge is -2.02. The molecule has 0 unspecified atom stereocenters. The van der Waals surface area contributed by atoms with E-state index < -0.39 is 11.9 Å². The quantitative estimate of drug-likeness (QED) is 0.691. The van der Waals surface area contributed by atoms with Gasteiger partial charge in [0.2, 0.25) is 0 Å². The number of allylic oxidation sites excluding steroid dienone is 1. The second kappa shape index (κ2) is 5.59. The Balaban J connectivity index is 2.09. The van der Waals surface area contributed by atoms with Gasteiger partial charge >= 0.3 is 6.18 Å². The van der Waals surface area contributed by atoms with Crippen molar-refractivity contribution in [2.24, 2.45) is 0 Å². The first-order valence-electron chi connectivity index (χ1n) is 6.30. The van der Waals surface area contributed by atoms with Crippen LogP contribution < -0.4 is 0 Å². The molecule has 2 rings (SSSR count). The van der Waals surface area contributed by atoms with Gasteiger partial charge in [-0.15, -0.1) is 0 Å². The molecule has 0 radical (unpaired) electrons. The molecule has 21 heavy (non-hydrogen) atoms. The summed E-state index contributed by atoms with van der Waals surface area (Å²) in [6.45, 7) is 3.85. The third-order valence-corrected chi connectivity index (χ3v) is 2.84. The highest BCUT2D eigenvalue weighted by atomic mass is 19.4. The lowest BCUT2D eigenvalue weighted by molar-refractivity contribution is -0.140. The van der Waals surface area contributed by atoms with Crippen molar-refractivity contribution in [1.29, 1.82) is 0 Å². The maximum Gasteiger partial charge on any atom is 0.431 e. The van der Waals surface area contributed by atoms with E-state index in [0.29, 0.717) is 5.56 Å². The molecule has 2 aromatic rings. The van der Waals surface area contributed by atoms with Gasteiger partial charge in [0.1, 0.15) is 5.69 Å². The molecular formula is C14H14F3N3O. The first-order chi connectivity index (χ1) is 9.77. The minimum absolute atomic E-state index is 0.133. The van der Waals surface area contributed by atoms with Crippen molar-refractivity contribution in [3.8, 4) is 0 Å². The van der Waals surface area contributed by atoms with Crippen molar-refractivity contribution in [3.63, 3.8) is 0 Å². The second-order valence-corrected chi connectivity index (χ2v) is 4.83. The summed E-state index contributed by atoms with van der Waals surface area (Å²) in [6, 6.07) is 2.33. The molecule has 0 amide bonds. The number of nitrogens with one attached hydrogen (secondary N) is 1. The van der Waals surface area contributed by atoms with Crippen LogP contribution in [0.15, 0.2) is 30.6 Å². The van der Waals surface area contributed by atoms with Crippen LogP contribution >= 0.6 is 0 Å². The molecule has 112 valence electrons. The highest BCUT2D eigenvalue weighted by Crippen LogP contribution is 2.28. The van der Waals surface area contributed by atoms with Gasteiger partial charge in [0.05, 0.1) is 11.8 Å². The van der Waals surface area contributed by atoms with Crippen molar-refractivity contribution in [1.82, 2.24) is 14.8 Å².